The molecule has 0 aliphatic heterocycles. The van der Waals surface area contributed by atoms with Gasteiger partial charge in [-0.25, -0.2) is 0 Å². The number of rotatable bonds is 0. The molecule has 0 heterocycles. The zero-order valence-corrected chi connectivity index (χ0v) is 7.02. The topological polar surface area (TPSA) is 91.7 Å². The molecular formula is H4CaO5SZn. The molecule has 0 aromatic rings. The van der Waals surface area contributed by atoms with Gasteiger partial charge in [-0.3, -0.25) is 9.11 Å². The van der Waals surface area contributed by atoms with E-state index in [2.05, 4.69) is 0 Å². The Morgan fingerprint density at radius 2 is 1.12 bits per heavy atom. The first-order chi connectivity index (χ1) is 3.00. The van der Waals surface area contributed by atoms with Crippen LogP contribution in [-0.2, 0) is 32.2 Å². The van der Waals surface area contributed by atoms with Crippen LogP contribution in [-0.4, -0.2) is 55.3 Å². The molecule has 0 aromatic carbocycles. The van der Waals surface area contributed by atoms with E-state index in [0.717, 1.165) is 0 Å². The Morgan fingerprint density at radius 3 is 1.12 bits per heavy atom. The van der Waals surface area contributed by atoms with Crippen LogP contribution in [0, 0.1) is 0 Å². The quantitative estimate of drug-likeness (QED) is 0.376. The summed E-state index contributed by atoms with van der Waals surface area (Å²) in [6.45, 7) is 0. The Kier molecular flexibility index (Phi) is 17.4. The Hall–Kier alpha value is 1.55. The molecule has 0 saturated heterocycles. The summed E-state index contributed by atoms with van der Waals surface area (Å²) < 4.78 is 40.0. The van der Waals surface area contributed by atoms with E-state index in [1.807, 2.05) is 0 Å². The van der Waals surface area contributed by atoms with Gasteiger partial charge in [0, 0.05) is 0 Å². The second-order valence-electron chi connectivity index (χ2n) is 0.448. The predicted molar refractivity (Wildman–Crippen MR) is 23.4 cm³/mol. The van der Waals surface area contributed by atoms with E-state index in [9.17, 15) is 0 Å². The van der Waals surface area contributed by atoms with Crippen molar-refractivity contribution in [2.45, 2.75) is 0 Å². The van der Waals surface area contributed by atoms with Gasteiger partial charge in [0.1, 0.15) is 0 Å². The summed E-state index contributed by atoms with van der Waals surface area (Å²) in [5.41, 5.74) is 0. The first-order valence-corrected chi connectivity index (χ1v) is 3.60. The molecule has 0 fully saturated rings. The van der Waals surface area contributed by atoms with Crippen molar-refractivity contribution in [3.05, 3.63) is 0 Å². The van der Waals surface area contributed by atoms with Gasteiger partial charge in [-0.2, -0.15) is 8.42 Å². The van der Waals surface area contributed by atoms with Gasteiger partial charge in [-0.1, -0.05) is 0 Å². The Bertz CT molecular complexity index is 106. The van der Waals surface area contributed by atoms with Gasteiger partial charge < -0.3 is 0 Å². The average molecular weight is 222 g/mol. The maximum atomic E-state index is 8.74. The van der Waals surface area contributed by atoms with Crippen molar-refractivity contribution in [3.8, 4) is 0 Å². The summed E-state index contributed by atoms with van der Waals surface area (Å²) >= 11 is 0.125. The SMILES string of the molecule is O=S(=O)(O)O.[CaH2].[O]=[Zn]. The van der Waals surface area contributed by atoms with Crippen molar-refractivity contribution in [1.29, 1.82) is 0 Å². The van der Waals surface area contributed by atoms with Crippen LogP contribution in [0.25, 0.3) is 0 Å². The zero-order chi connectivity index (χ0) is 6.50. The van der Waals surface area contributed by atoms with Gasteiger partial charge in [-0.15, -0.1) is 0 Å². The summed E-state index contributed by atoms with van der Waals surface area (Å²) in [6.07, 6.45) is 0. The van der Waals surface area contributed by atoms with Crippen LogP contribution in [0.5, 0.6) is 0 Å². The molecule has 0 aliphatic carbocycles. The van der Waals surface area contributed by atoms with Crippen LogP contribution in [0.3, 0.4) is 0 Å². The molecule has 5 nitrogen and oxygen atoms in total. The molecule has 8 heavy (non-hydrogen) atoms. The molecule has 8 heteroatoms. The molecule has 0 aliphatic rings. The standard InChI is InChI=1S/Ca.H2O4S.O.Zn.2H/c;1-5(2,3)4;;;;/h;(H2,1,2,3,4);;;;. The zero-order valence-electron chi connectivity index (χ0n) is 3.23. The Morgan fingerprint density at radius 1 is 1.12 bits per heavy atom. The third-order valence-electron chi connectivity index (χ3n) is 0. The van der Waals surface area contributed by atoms with E-state index in [1.165, 1.54) is 0 Å². The maximum absolute atomic E-state index is 8.74. The van der Waals surface area contributed by atoms with E-state index < -0.39 is 10.4 Å². The molecule has 0 spiro atoms. The van der Waals surface area contributed by atoms with Gasteiger partial charge in [0.05, 0.1) is 0 Å². The van der Waals surface area contributed by atoms with Crippen molar-refractivity contribution in [2.75, 3.05) is 0 Å². The third-order valence-corrected chi connectivity index (χ3v) is 0. The van der Waals surface area contributed by atoms with Crippen LogP contribution in [0.15, 0.2) is 0 Å². The minimum atomic E-state index is -4.67. The first-order valence-electron chi connectivity index (χ1n) is 0.987. The van der Waals surface area contributed by atoms with Crippen molar-refractivity contribution >= 4 is 48.1 Å². The van der Waals surface area contributed by atoms with Crippen LogP contribution in [0.2, 0.25) is 0 Å². The van der Waals surface area contributed by atoms with Gasteiger partial charge in [-0.05, 0) is 0 Å². The van der Waals surface area contributed by atoms with Crippen LogP contribution < -0.4 is 0 Å². The first kappa shape index (κ1) is 16.3. The van der Waals surface area contributed by atoms with Crippen molar-refractivity contribution in [1.82, 2.24) is 0 Å². The minimum absolute atomic E-state index is 0. The summed E-state index contributed by atoms with van der Waals surface area (Å²) in [6, 6.07) is 0. The van der Waals surface area contributed by atoms with E-state index in [-0.39, 0.29) is 56.0 Å². The predicted octanol–water partition coefficient (Wildman–Crippen LogP) is -1.69. The summed E-state index contributed by atoms with van der Waals surface area (Å²) in [7, 11) is -4.67. The van der Waals surface area contributed by atoms with Crippen LogP contribution in [0.4, 0.5) is 0 Å². The van der Waals surface area contributed by atoms with Gasteiger partial charge in [0.15, 0.2) is 0 Å². The molecule has 0 radical (unpaired) electrons. The van der Waals surface area contributed by atoms with Gasteiger partial charge >= 0.3 is 70.0 Å². The van der Waals surface area contributed by atoms with Crippen molar-refractivity contribution in [3.63, 3.8) is 0 Å². The number of hydrogen-bond acceptors (Lipinski definition) is 3. The molecule has 0 bridgehead atoms. The molecule has 0 atom stereocenters. The second kappa shape index (κ2) is 8.55. The van der Waals surface area contributed by atoms with E-state index in [1.54, 1.807) is 0 Å². The molecular weight excluding hydrogens is 218 g/mol. The van der Waals surface area contributed by atoms with E-state index in [4.69, 9.17) is 21.1 Å². The third kappa shape index (κ3) is 134. The molecule has 0 amide bonds. The fraction of sp³-hybridized carbons (Fsp3) is 0. The molecule has 0 aromatic heterocycles. The average Bonchev–Trinajstić information content (AvgIpc) is 1.36. The van der Waals surface area contributed by atoms with Crippen molar-refractivity contribution in [2.24, 2.45) is 0 Å². The Labute approximate surface area is 86.4 Å². The number of hydrogen-bond donors (Lipinski definition) is 2. The van der Waals surface area contributed by atoms with Crippen molar-refractivity contribution < 1.29 is 39.3 Å². The molecule has 44 valence electrons. The fourth-order valence-corrected chi connectivity index (χ4v) is 0. The Balaban J connectivity index is -0.0000000750. The monoisotopic (exact) mass is 220 g/mol. The summed E-state index contributed by atoms with van der Waals surface area (Å²) in [5, 5.41) is 0. The molecule has 0 saturated carbocycles. The summed E-state index contributed by atoms with van der Waals surface area (Å²) in [5.74, 6) is 0. The second-order valence-corrected chi connectivity index (χ2v) is 1.34. The molecule has 0 rings (SSSR count). The molecule has 2 N–H and O–H groups in total. The van der Waals surface area contributed by atoms with Gasteiger partial charge in [0.25, 0.3) is 0 Å². The normalized spacial score (nSPS) is 8.00. The molecule has 0 unspecified atom stereocenters. The van der Waals surface area contributed by atoms with Crippen LogP contribution in [0.1, 0.15) is 0 Å². The fourth-order valence-electron chi connectivity index (χ4n) is 0. The van der Waals surface area contributed by atoms with Crippen LogP contribution >= 0.6 is 0 Å². The van der Waals surface area contributed by atoms with Gasteiger partial charge in [0.2, 0.25) is 0 Å². The summed E-state index contributed by atoms with van der Waals surface area (Å²) in [4.78, 5) is 0. The van der Waals surface area contributed by atoms with E-state index >= 15 is 0 Å². The van der Waals surface area contributed by atoms with E-state index in [0.29, 0.717) is 0 Å².